The second kappa shape index (κ2) is 10.3. The standard InChI is InChI=1S/C22H22BrClN2O3S/c1-3-4-9-26-21(27)18(25-22(26)30)11-14-5-7-19(28-2)15(10-14)13-29-20-8-6-16(24)12-17(20)23/h5-8,10-12H,3-4,9,13H2,1-2H3,(H,25,30)/b18-11+. The first kappa shape index (κ1) is 22.6. The van der Waals surface area contributed by atoms with Gasteiger partial charge in [0.2, 0.25) is 0 Å². The van der Waals surface area contributed by atoms with E-state index < -0.39 is 0 Å². The van der Waals surface area contributed by atoms with Crippen molar-refractivity contribution in [2.45, 2.75) is 26.4 Å². The van der Waals surface area contributed by atoms with Crippen molar-refractivity contribution in [1.29, 1.82) is 0 Å². The SMILES string of the molecule is CCCCN1C(=O)/C(=C\c2ccc(OC)c(COc3ccc(Cl)cc3Br)c2)NC1=S. The zero-order valence-corrected chi connectivity index (χ0v) is 19.9. The number of rotatable bonds is 8. The number of methoxy groups -OCH3 is 1. The van der Waals surface area contributed by atoms with Gasteiger partial charge in [-0.1, -0.05) is 31.0 Å². The summed E-state index contributed by atoms with van der Waals surface area (Å²) < 4.78 is 12.2. The monoisotopic (exact) mass is 508 g/mol. The summed E-state index contributed by atoms with van der Waals surface area (Å²) in [6.07, 6.45) is 3.70. The first-order valence-corrected chi connectivity index (χ1v) is 11.1. The summed E-state index contributed by atoms with van der Waals surface area (Å²) in [6.45, 7) is 3.00. The highest BCUT2D eigenvalue weighted by Crippen LogP contribution is 2.30. The van der Waals surface area contributed by atoms with Crippen LogP contribution < -0.4 is 14.8 Å². The molecule has 0 aliphatic carbocycles. The van der Waals surface area contributed by atoms with Gasteiger partial charge in [0.1, 0.15) is 23.8 Å². The Labute approximate surface area is 195 Å². The normalized spacial score (nSPS) is 14.9. The molecule has 0 aromatic heterocycles. The van der Waals surface area contributed by atoms with E-state index in [0.29, 0.717) is 40.5 Å². The number of unbranched alkanes of at least 4 members (excludes halogenated alkanes) is 1. The van der Waals surface area contributed by atoms with Gasteiger partial charge in [-0.05, 0) is 76.5 Å². The number of amides is 1. The number of nitrogens with zero attached hydrogens (tertiary/aromatic N) is 1. The predicted octanol–water partition coefficient (Wildman–Crippen LogP) is 5.55. The average molecular weight is 510 g/mol. The quantitative estimate of drug-likeness (QED) is 0.374. The van der Waals surface area contributed by atoms with Crippen LogP contribution in [0.4, 0.5) is 0 Å². The highest BCUT2D eigenvalue weighted by Gasteiger charge is 2.29. The third-order valence-electron chi connectivity index (χ3n) is 4.59. The van der Waals surface area contributed by atoms with Crippen LogP contribution in [0, 0.1) is 0 Å². The van der Waals surface area contributed by atoms with E-state index in [1.807, 2.05) is 18.2 Å². The number of ether oxygens (including phenoxy) is 2. The molecule has 0 radical (unpaired) electrons. The molecule has 30 heavy (non-hydrogen) atoms. The molecule has 158 valence electrons. The molecule has 0 bridgehead atoms. The van der Waals surface area contributed by atoms with Gasteiger partial charge in [-0.3, -0.25) is 9.69 Å². The van der Waals surface area contributed by atoms with Gasteiger partial charge in [0.15, 0.2) is 5.11 Å². The predicted molar refractivity (Wildman–Crippen MR) is 127 cm³/mol. The lowest BCUT2D eigenvalue weighted by atomic mass is 10.1. The van der Waals surface area contributed by atoms with E-state index >= 15 is 0 Å². The van der Waals surface area contributed by atoms with E-state index in [1.165, 1.54) is 0 Å². The lowest BCUT2D eigenvalue weighted by Gasteiger charge is -2.13. The van der Waals surface area contributed by atoms with Crippen molar-refractivity contribution in [3.63, 3.8) is 0 Å². The number of nitrogens with one attached hydrogen (secondary N) is 1. The minimum atomic E-state index is -0.104. The van der Waals surface area contributed by atoms with Gasteiger partial charge in [-0.25, -0.2) is 0 Å². The molecular weight excluding hydrogens is 488 g/mol. The van der Waals surface area contributed by atoms with Gasteiger partial charge in [-0.2, -0.15) is 0 Å². The van der Waals surface area contributed by atoms with Gasteiger partial charge >= 0.3 is 0 Å². The molecule has 3 rings (SSSR count). The fraction of sp³-hybridized carbons (Fsp3) is 0.273. The van der Waals surface area contributed by atoms with Crippen molar-refractivity contribution in [2.75, 3.05) is 13.7 Å². The summed E-state index contributed by atoms with van der Waals surface area (Å²) in [7, 11) is 1.61. The van der Waals surface area contributed by atoms with Crippen LogP contribution in [0.2, 0.25) is 5.02 Å². The zero-order valence-electron chi connectivity index (χ0n) is 16.7. The Morgan fingerprint density at radius 2 is 2.00 bits per heavy atom. The summed E-state index contributed by atoms with van der Waals surface area (Å²) in [4.78, 5) is 14.3. The van der Waals surface area contributed by atoms with Crippen LogP contribution in [0.25, 0.3) is 6.08 Å². The first-order chi connectivity index (χ1) is 14.4. The van der Waals surface area contributed by atoms with Gasteiger partial charge in [0.25, 0.3) is 5.91 Å². The van der Waals surface area contributed by atoms with E-state index in [2.05, 4.69) is 28.2 Å². The van der Waals surface area contributed by atoms with Gasteiger partial charge in [-0.15, -0.1) is 0 Å². The van der Waals surface area contributed by atoms with Crippen molar-refractivity contribution >= 4 is 56.8 Å². The zero-order chi connectivity index (χ0) is 21.7. The summed E-state index contributed by atoms with van der Waals surface area (Å²) in [5, 5.41) is 4.09. The Hall–Kier alpha value is -2.09. The minimum absolute atomic E-state index is 0.104. The number of carbonyl (C=O) groups excluding carboxylic acids is 1. The Morgan fingerprint density at radius 1 is 1.23 bits per heavy atom. The van der Waals surface area contributed by atoms with Gasteiger partial charge in [0, 0.05) is 17.1 Å². The fourth-order valence-corrected chi connectivity index (χ4v) is 4.09. The number of benzene rings is 2. The summed E-state index contributed by atoms with van der Waals surface area (Å²) in [5.41, 5.74) is 2.17. The van der Waals surface area contributed by atoms with E-state index in [4.69, 9.17) is 33.3 Å². The largest absolute Gasteiger partial charge is 0.496 e. The molecule has 5 nitrogen and oxygen atoms in total. The van der Waals surface area contributed by atoms with E-state index in [1.54, 1.807) is 36.3 Å². The van der Waals surface area contributed by atoms with Crippen LogP contribution in [0.3, 0.4) is 0 Å². The van der Waals surface area contributed by atoms with E-state index in [0.717, 1.165) is 28.4 Å². The molecule has 2 aromatic carbocycles. The highest BCUT2D eigenvalue weighted by molar-refractivity contribution is 9.10. The molecule has 8 heteroatoms. The van der Waals surface area contributed by atoms with Gasteiger partial charge < -0.3 is 14.8 Å². The van der Waals surface area contributed by atoms with Crippen molar-refractivity contribution in [1.82, 2.24) is 10.2 Å². The molecule has 1 N–H and O–H groups in total. The maximum Gasteiger partial charge on any atom is 0.276 e. The molecule has 0 atom stereocenters. The first-order valence-electron chi connectivity index (χ1n) is 9.52. The van der Waals surface area contributed by atoms with E-state index in [9.17, 15) is 4.79 Å². The highest BCUT2D eigenvalue weighted by atomic mass is 79.9. The molecule has 1 amide bonds. The number of carbonyl (C=O) groups is 1. The summed E-state index contributed by atoms with van der Waals surface area (Å²) in [6, 6.07) is 11.0. The number of hydrogen-bond acceptors (Lipinski definition) is 4. The smallest absolute Gasteiger partial charge is 0.276 e. The molecule has 1 aliphatic heterocycles. The molecule has 0 spiro atoms. The Bertz CT molecular complexity index is 996. The lowest BCUT2D eigenvalue weighted by Crippen LogP contribution is -2.31. The lowest BCUT2D eigenvalue weighted by molar-refractivity contribution is -0.122. The van der Waals surface area contributed by atoms with E-state index in [-0.39, 0.29) is 5.91 Å². The third kappa shape index (κ3) is 5.33. The summed E-state index contributed by atoms with van der Waals surface area (Å²) >= 11 is 14.7. The Kier molecular flexibility index (Phi) is 7.75. The Balaban J connectivity index is 1.79. The number of thiocarbonyl (C=S) groups is 1. The van der Waals surface area contributed by atoms with Crippen LogP contribution >= 0.6 is 39.7 Å². The second-order valence-electron chi connectivity index (χ2n) is 6.73. The second-order valence-corrected chi connectivity index (χ2v) is 8.41. The molecular formula is C22H22BrClN2O3S. The topological polar surface area (TPSA) is 50.8 Å². The van der Waals surface area contributed by atoms with Crippen molar-refractivity contribution in [3.05, 3.63) is 62.7 Å². The summed E-state index contributed by atoms with van der Waals surface area (Å²) in [5.74, 6) is 1.27. The van der Waals surface area contributed by atoms with Gasteiger partial charge in [0.05, 0.1) is 11.6 Å². The van der Waals surface area contributed by atoms with Crippen LogP contribution in [0.1, 0.15) is 30.9 Å². The van der Waals surface area contributed by atoms with Crippen LogP contribution in [-0.4, -0.2) is 29.6 Å². The minimum Gasteiger partial charge on any atom is -0.496 e. The molecule has 2 aromatic rings. The van der Waals surface area contributed by atoms with Crippen LogP contribution in [-0.2, 0) is 11.4 Å². The Morgan fingerprint density at radius 3 is 2.70 bits per heavy atom. The number of halogens is 2. The van der Waals surface area contributed by atoms with Crippen molar-refractivity contribution < 1.29 is 14.3 Å². The van der Waals surface area contributed by atoms with Crippen LogP contribution in [0.5, 0.6) is 11.5 Å². The molecule has 0 saturated carbocycles. The third-order valence-corrected chi connectivity index (χ3v) is 5.77. The van der Waals surface area contributed by atoms with Crippen LogP contribution in [0.15, 0.2) is 46.6 Å². The van der Waals surface area contributed by atoms with Crippen molar-refractivity contribution in [3.8, 4) is 11.5 Å². The van der Waals surface area contributed by atoms with Crippen molar-refractivity contribution in [2.24, 2.45) is 0 Å². The molecule has 1 fully saturated rings. The molecule has 0 unspecified atom stereocenters. The molecule has 1 aliphatic rings. The maximum absolute atomic E-state index is 12.7. The molecule has 1 heterocycles. The number of hydrogen-bond donors (Lipinski definition) is 1. The molecule has 1 saturated heterocycles. The average Bonchev–Trinajstić information content (AvgIpc) is 2.98. The maximum atomic E-state index is 12.7. The fourth-order valence-electron chi connectivity index (χ4n) is 3.01.